The molecule has 0 spiro atoms. The quantitative estimate of drug-likeness (QED) is 0.390. The van der Waals surface area contributed by atoms with Gasteiger partial charge in [-0.3, -0.25) is 0 Å². The molecule has 1 fully saturated rings. The van der Waals surface area contributed by atoms with E-state index in [1.165, 1.54) is 38.5 Å². The zero-order valence-corrected chi connectivity index (χ0v) is 9.74. The fourth-order valence-corrected chi connectivity index (χ4v) is 1.26. The van der Waals surface area contributed by atoms with Gasteiger partial charge >= 0.3 is 24.3 Å². The van der Waals surface area contributed by atoms with E-state index in [1.807, 2.05) is 0 Å². The number of hydrogen-bond acceptors (Lipinski definition) is 3. The summed E-state index contributed by atoms with van der Waals surface area (Å²) >= 11 is 0. The van der Waals surface area contributed by atoms with Crippen LogP contribution < -0.4 is 0 Å². The first-order valence-corrected chi connectivity index (χ1v) is 5.45. The Morgan fingerprint density at radius 2 is 0.842 bits per heavy atom. The lowest BCUT2D eigenvalue weighted by Gasteiger charge is -2.06. The predicted octanol–water partition coefficient (Wildman–Crippen LogP) is 3.52. The van der Waals surface area contributed by atoms with Crippen LogP contribution >= 0.6 is 0 Å². The standard InChI is InChI=1S/C6H12.C4F6O3/c1-2-4-6-5-3-1;5-3(6,7)1(11)13-2(12)4(8,9)10/h1-6H2;. The molecule has 3 nitrogen and oxygen atoms in total. The molecule has 0 saturated heterocycles. The van der Waals surface area contributed by atoms with Crippen LogP contribution in [0, 0.1) is 0 Å². The number of esters is 2. The van der Waals surface area contributed by atoms with Crippen molar-refractivity contribution < 1.29 is 40.7 Å². The zero-order chi connectivity index (χ0) is 15.1. The molecule has 0 unspecified atom stereocenters. The van der Waals surface area contributed by atoms with E-state index < -0.39 is 24.3 Å². The maximum Gasteiger partial charge on any atom is 0.491 e. The molecule has 1 saturated carbocycles. The fraction of sp³-hybridized carbons (Fsp3) is 0.800. The molecule has 1 aliphatic carbocycles. The van der Waals surface area contributed by atoms with Gasteiger partial charge in [0.15, 0.2) is 0 Å². The van der Waals surface area contributed by atoms with Crippen molar-refractivity contribution in [2.45, 2.75) is 50.9 Å². The molecule has 0 bridgehead atoms. The fourth-order valence-electron chi connectivity index (χ4n) is 1.26. The van der Waals surface area contributed by atoms with Gasteiger partial charge in [0.25, 0.3) is 0 Å². The van der Waals surface area contributed by atoms with Gasteiger partial charge in [0.1, 0.15) is 0 Å². The summed E-state index contributed by atoms with van der Waals surface area (Å²) in [5.74, 6) is -6.40. The molecule has 19 heavy (non-hydrogen) atoms. The van der Waals surface area contributed by atoms with Crippen molar-refractivity contribution in [1.29, 1.82) is 0 Å². The molecule has 1 rings (SSSR count). The molecule has 0 atom stereocenters. The number of hydrogen-bond donors (Lipinski definition) is 0. The number of carbonyl (C=O) groups excluding carboxylic acids is 2. The van der Waals surface area contributed by atoms with Crippen LogP contribution in [0.1, 0.15) is 38.5 Å². The molecule has 0 aromatic heterocycles. The van der Waals surface area contributed by atoms with Crippen LogP contribution in [0.2, 0.25) is 0 Å². The van der Waals surface area contributed by atoms with Crippen LogP contribution in [0.15, 0.2) is 0 Å². The second kappa shape index (κ2) is 7.34. The normalized spacial score (nSPS) is 16.1. The highest BCUT2D eigenvalue weighted by molar-refractivity contribution is 5.90. The average molecular weight is 294 g/mol. The summed E-state index contributed by atoms with van der Waals surface area (Å²) in [7, 11) is 0. The van der Waals surface area contributed by atoms with Gasteiger partial charge in [-0.2, -0.15) is 26.3 Å². The van der Waals surface area contributed by atoms with Gasteiger partial charge in [-0.15, -0.1) is 0 Å². The third-order valence-corrected chi connectivity index (χ3v) is 2.15. The van der Waals surface area contributed by atoms with Crippen molar-refractivity contribution in [3.05, 3.63) is 0 Å². The Bertz CT molecular complexity index is 268. The molecule has 9 heteroatoms. The van der Waals surface area contributed by atoms with Crippen LogP contribution in [0.3, 0.4) is 0 Å². The maximum absolute atomic E-state index is 11.2. The van der Waals surface area contributed by atoms with Crippen molar-refractivity contribution in [2.24, 2.45) is 0 Å². The van der Waals surface area contributed by atoms with Gasteiger partial charge in [0.05, 0.1) is 0 Å². The number of ether oxygens (including phenoxy) is 1. The second-order valence-corrected chi connectivity index (χ2v) is 3.79. The first-order chi connectivity index (χ1) is 8.55. The Balaban J connectivity index is 0.000000443. The Morgan fingerprint density at radius 3 is 1.00 bits per heavy atom. The van der Waals surface area contributed by atoms with Crippen molar-refractivity contribution in [1.82, 2.24) is 0 Å². The van der Waals surface area contributed by atoms with Crippen molar-refractivity contribution in [2.75, 3.05) is 0 Å². The van der Waals surface area contributed by atoms with E-state index in [4.69, 9.17) is 0 Å². The second-order valence-electron chi connectivity index (χ2n) is 3.79. The minimum absolute atomic E-state index is 1.50. The van der Waals surface area contributed by atoms with Crippen molar-refractivity contribution in [3.63, 3.8) is 0 Å². The largest absolute Gasteiger partial charge is 0.491 e. The number of alkyl halides is 6. The van der Waals surface area contributed by atoms with Gasteiger partial charge in [-0.1, -0.05) is 38.5 Å². The number of halogens is 6. The minimum Gasteiger partial charge on any atom is -0.380 e. The summed E-state index contributed by atoms with van der Waals surface area (Å²) in [6.45, 7) is 0. The van der Waals surface area contributed by atoms with Crippen LogP contribution in [0.4, 0.5) is 26.3 Å². The highest BCUT2D eigenvalue weighted by Gasteiger charge is 2.49. The smallest absolute Gasteiger partial charge is 0.380 e. The SMILES string of the molecule is C1CCCCC1.O=C(OC(=O)C(F)(F)F)C(F)(F)F. The predicted molar refractivity (Wildman–Crippen MR) is 50.9 cm³/mol. The average Bonchev–Trinajstić information content (AvgIpc) is 2.29. The van der Waals surface area contributed by atoms with Crippen LogP contribution in [-0.4, -0.2) is 24.3 Å². The summed E-state index contributed by atoms with van der Waals surface area (Å²) < 4.78 is 69.7. The van der Waals surface area contributed by atoms with Gasteiger partial charge < -0.3 is 4.74 Å². The lowest BCUT2D eigenvalue weighted by molar-refractivity contribution is -0.221. The van der Waals surface area contributed by atoms with Crippen molar-refractivity contribution >= 4 is 11.9 Å². The van der Waals surface area contributed by atoms with Gasteiger partial charge in [-0.25, -0.2) is 9.59 Å². The third kappa shape index (κ3) is 8.44. The van der Waals surface area contributed by atoms with E-state index in [-0.39, 0.29) is 0 Å². The first kappa shape index (κ1) is 17.7. The van der Waals surface area contributed by atoms with E-state index in [0.717, 1.165) is 0 Å². The molecule has 0 aliphatic heterocycles. The Hall–Kier alpha value is -1.28. The molecule has 0 aromatic carbocycles. The molecule has 0 heterocycles. The molecule has 1 aliphatic rings. The van der Waals surface area contributed by atoms with Crippen LogP contribution in [0.5, 0.6) is 0 Å². The van der Waals surface area contributed by atoms with Crippen LogP contribution in [0.25, 0.3) is 0 Å². The molecule has 0 aromatic rings. The highest BCUT2D eigenvalue weighted by Crippen LogP contribution is 2.21. The van der Waals surface area contributed by atoms with E-state index in [2.05, 4.69) is 4.74 Å². The number of carbonyl (C=O) groups is 2. The summed E-state index contributed by atoms with van der Waals surface area (Å²) in [5, 5.41) is 0. The summed E-state index contributed by atoms with van der Waals surface area (Å²) in [4.78, 5) is 19.3. The lowest BCUT2D eigenvalue weighted by atomic mass is 10.0. The van der Waals surface area contributed by atoms with Gasteiger partial charge in [-0.05, 0) is 0 Å². The zero-order valence-electron chi connectivity index (χ0n) is 9.74. The maximum atomic E-state index is 11.2. The molecule has 0 radical (unpaired) electrons. The third-order valence-electron chi connectivity index (χ3n) is 2.15. The topological polar surface area (TPSA) is 43.4 Å². The van der Waals surface area contributed by atoms with Gasteiger partial charge in [0, 0.05) is 0 Å². The highest BCUT2D eigenvalue weighted by atomic mass is 19.4. The molecular formula is C10H12F6O3. The number of rotatable bonds is 0. The monoisotopic (exact) mass is 294 g/mol. The summed E-state index contributed by atoms with van der Waals surface area (Å²) in [6, 6.07) is 0. The van der Waals surface area contributed by atoms with Crippen LogP contribution in [-0.2, 0) is 14.3 Å². The van der Waals surface area contributed by atoms with E-state index >= 15 is 0 Å². The molecular weight excluding hydrogens is 282 g/mol. The Kier molecular flexibility index (Phi) is 6.85. The summed E-state index contributed by atoms with van der Waals surface area (Å²) in [5.41, 5.74) is 0. The lowest BCUT2D eigenvalue weighted by Crippen LogP contribution is -2.34. The van der Waals surface area contributed by atoms with Gasteiger partial charge in [0.2, 0.25) is 0 Å². The van der Waals surface area contributed by atoms with E-state index in [1.54, 1.807) is 0 Å². The van der Waals surface area contributed by atoms with E-state index in [9.17, 15) is 35.9 Å². The summed E-state index contributed by atoms with van der Waals surface area (Å²) in [6.07, 6.45) is -2.25. The van der Waals surface area contributed by atoms with E-state index in [0.29, 0.717) is 0 Å². The molecule has 0 N–H and O–H groups in total. The first-order valence-electron chi connectivity index (χ1n) is 5.45. The molecule has 112 valence electrons. The Morgan fingerprint density at radius 1 is 0.632 bits per heavy atom. The Labute approximate surface area is 104 Å². The minimum atomic E-state index is -5.62. The molecule has 0 amide bonds. The van der Waals surface area contributed by atoms with Crippen molar-refractivity contribution in [3.8, 4) is 0 Å².